The third-order valence-corrected chi connectivity index (χ3v) is 4.29. The molecule has 0 radical (unpaired) electrons. The zero-order chi connectivity index (χ0) is 18.4. The fourth-order valence-electron chi connectivity index (χ4n) is 1.99. The SMILES string of the molecule is CS(=O)(=O)c1ccccc1C(=O)OCC(=O)Nc1ccc(C#N)cc1. The largest absolute Gasteiger partial charge is 0.452 e. The van der Waals surface area contributed by atoms with Crippen LogP contribution in [0.1, 0.15) is 15.9 Å². The molecule has 0 saturated heterocycles. The average Bonchev–Trinajstić information content (AvgIpc) is 2.59. The predicted molar refractivity (Wildman–Crippen MR) is 89.6 cm³/mol. The molecule has 0 heterocycles. The van der Waals surface area contributed by atoms with Crippen LogP contribution in [-0.2, 0) is 19.4 Å². The smallest absolute Gasteiger partial charge is 0.339 e. The molecule has 0 unspecified atom stereocenters. The summed E-state index contributed by atoms with van der Waals surface area (Å²) in [7, 11) is -3.60. The number of ether oxygens (including phenoxy) is 1. The van der Waals surface area contributed by atoms with Crippen LogP contribution in [0.3, 0.4) is 0 Å². The first-order chi connectivity index (χ1) is 11.8. The zero-order valence-electron chi connectivity index (χ0n) is 13.2. The molecule has 0 bridgehead atoms. The number of rotatable bonds is 5. The molecule has 0 saturated carbocycles. The van der Waals surface area contributed by atoms with E-state index in [1.54, 1.807) is 0 Å². The summed E-state index contributed by atoms with van der Waals surface area (Å²) in [6, 6.07) is 13.7. The molecule has 0 atom stereocenters. The summed E-state index contributed by atoms with van der Waals surface area (Å²) in [6.07, 6.45) is 0.983. The summed E-state index contributed by atoms with van der Waals surface area (Å²) < 4.78 is 28.2. The quantitative estimate of drug-likeness (QED) is 0.815. The van der Waals surface area contributed by atoms with Gasteiger partial charge in [-0.25, -0.2) is 13.2 Å². The fraction of sp³-hybridized carbons (Fsp3) is 0.118. The Labute approximate surface area is 144 Å². The molecule has 1 amide bonds. The Morgan fingerprint density at radius 1 is 1.12 bits per heavy atom. The minimum atomic E-state index is -3.60. The van der Waals surface area contributed by atoms with Crippen molar-refractivity contribution in [3.63, 3.8) is 0 Å². The van der Waals surface area contributed by atoms with Crippen molar-refractivity contribution in [2.24, 2.45) is 0 Å². The van der Waals surface area contributed by atoms with E-state index in [1.165, 1.54) is 48.5 Å². The maximum absolute atomic E-state index is 12.0. The Kier molecular flexibility index (Phi) is 5.52. The van der Waals surface area contributed by atoms with Gasteiger partial charge in [-0.3, -0.25) is 4.79 Å². The van der Waals surface area contributed by atoms with Crippen LogP contribution in [0, 0.1) is 11.3 Å². The van der Waals surface area contributed by atoms with Crippen LogP contribution >= 0.6 is 0 Å². The molecule has 7 nitrogen and oxygen atoms in total. The van der Waals surface area contributed by atoms with E-state index in [1.807, 2.05) is 6.07 Å². The Hall–Kier alpha value is -3.18. The molecule has 0 aliphatic heterocycles. The highest BCUT2D eigenvalue weighted by Crippen LogP contribution is 2.16. The van der Waals surface area contributed by atoms with Crippen LogP contribution in [-0.4, -0.2) is 33.2 Å². The summed E-state index contributed by atoms with van der Waals surface area (Å²) in [6.45, 7) is -0.572. The van der Waals surface area contributed by atoms with Crippen LogP contribution in [0.4, 0.5) is 5.69 Å². The lowest BCUT2D eigenvalue weighted by Crippen LogP contribution is -2.21. The highest BCUT2D eigenvalue weighted by atomic mass is 32.2. The highest BCUT2D eigenvalue weighted by molar-refractivity contribution is 7.90. The standard InChI is InChI=1S/C17H14N2O5S/c1-25(22,23)15-5-3-2-4-14(15)17(21)24-11-16(20)19-13-8-6-12(10-18)7-9-13/h2-9H,11H2,1H3,(H,19,20). The normalized spacial score (nSPS) is 10.6. The number of carbonyl (C=O) groups excluding carboxylic acids is 2. The summed E-state index contributed by atoms with van der Waals surface area (Å²) in [4.78, 5) is 23.7. The summed E-state index contributed by atoms with van der Waals surface area (Å²) >= 11 is 0. The van der Waals surface area contributed by atoms with Crippen LogP contribution < -0.4 is 5.32 Å². The van der Waals surface area contributed by atoms with E-state index in [0.717, 1.165) is 6.26 Å². The monoisotopic (exact) mass is 358 g/mol. The topological polar surface area (TPSA) is 113 Å². The molecule has 8 heteroatoms. The second-order valence-electron chi connectivity index (χ2n) is 5.08. The lowest BCUT2D eigenvalue weighted by molar-refractivity contribution is -0.119. The number of anilines is 1. The Balaban J connectivity index is 2.00. The molecule has 128 valence electrons. The average molecular weight is 358 g/mol. The first kappa shape index (κ1) is 18.2. The van der Waals surface area contributed by atoms with Gasteiger partial charge in [0, 0.05) is 11.9 Å². The number of esters is 1. The van der Waals surface area contributed by atoms with Crippen molar-refractivity contribution in [1.29, 1.82) is 5.26 Å². The lowest BCUT2D eigenvalue weighted by Gasteiger charge is -2.09. The first-order valence-electron chi connectivity index (χ1n) is 7.07. The molecule has 2 rings (SSSR count). The Bertz CT molecular complexity index is 944. The molecule has 25 heavy (non-hydrogen) atoms. The maximum Gasteiger partial charge on any atom is 0.339 e. The van der Waals surface area contributed by atoms with E-state index in [-0.39, 0.29) is 10.5 Å². The molecule has 2 aromatic carbocycles. The molecule has 1 N–H and O–H groups in total. The number of nitrogens with one attached hydrogen (secondary N) is 1. The summed E-state index contributed by atoms with van der Waals surface area (Å²) in [5, 5.41) is 11.2. The van der Waals surface area contributed by atoms with E-state index in [0.29, 0.717) is 11.3 Å². The van der Waals surface area contributed by atoms with Crippen LogP contribution in [0.15, 0.2) is 53.4 Å². The van der Waals surface area contributed by atoms with Crippen LogP contribution in [0.2, 0.25) is 0 Å². The van der Waals surface area contributed by atoms with E-state index >= 15 is 0 Å². The fourth-order valence-corrected chi connectivity index (χ4v) is 2.87. The minimum absolute atomic E-state index is 0.129. The van der Waals surface area contributed by atoms with Gasteiger partial charge in [-0.15, -0.1) is 0 Å². The minimum Gasteiger partial charge on any atom is -0.452 e. The number of sulfone groups is 1. The third-order valence-electron chi connectivity index (χ3n) is 3.14. The van der Waals surface area contributed by atoms with E-state index in [9.17, 15) is 18.0 Å². The van der Waals surface area contributed by atoms with Crippen molar-refractivity contribution >= 4 is 27.4 Å². The van der Waals surface area contributed by atoms with Gasteiger partial charge < -0.3 is 10.1 Å². The molecular weight excluding hydrogens is 344 g/mol. The Morgan fingerprint density at radius 2 is 1.76 bits per heavy atom. The lowest BCUT2D eigenvalue weighted by atomic mass is 10.2. The van der Waals surface area contributed by atoms with Crippen molar-refractivity contribution in [1.82, 2.24) is 0 Å². The van der Waals surface area contributed by atoms with E-state index < -0.39 is 28.3 Å². The number of nitrogens with zero attached hydrogens (tertiary/aromatic N) is 1. The van der Waals surface area contributed by atoms with Gasteiger partial charge in [0.25, 0.3) is 5.91 Å². The van der Waals surface area contributed by atoms with Crippen molar-refractivity contribution in [2.45, 2.75) is 4.90 Å². The van der Waals surface area contributed by atoms with Crippen molar-refractivity contribution in [2.75, 3.05) is 18.2 Å². The summed E-state index contributed by atoms with van der Waals surface area (Å²) in [5.74, 6) is -1.49. The van der Waals surface area contributed by atoms with Crippen molar-refractivity contribution in [3.8, 4) is 6.07 Å². The Morgan fingerprint density at radius 3 is 2.36 bits per heavy atom. The predicted octanol–water partition coefficient (Wildman–Crippen LogP) is 1.76. The number of benzene rings is 2. The number of hydrogen-bond acceptors (Lipinski definition) is 6. The molecule has 0 aliphatic rings. The van der Waals surface area contributed by atoms with Gasteiger partial charge >= 0.3 is 5.97 Å². The molecule has 0 fully saturated rings. The zero-order valence-corrected chi connectivity index (χ0v) is 14.0. The van der Waals surface area contributed by atoms with Gasteiger partial charge in [0.05, 0.1) is 22.1 Å². The van der Waals surface area contributed by atoms with E-state index in [2.05, 4.69) is 5.32 Å². The highest BCUT2D eigenvalue weighted by Gasteiger charge is 2.20. The number of carbonyl (C=O) groups is 2. The van der Waals surface area contributed by atoms with Gasteiger partial charge in [-0.1, -0.05) is 12.1 Å². The molecule has 0 aliphatic carbocycles. The van der Waals surface area contributed by atoms with Gasteiger partial charge in [-0.2, -0.15) is 5.26 Å². The number of nitriles is 1. The molecule has 0 spiro atoms. The maximum atomic E-state index is 12.0. The second kappa shape index (κ2) is 7.59. The summed E-state index contributed by atoms with van der Waals surface area (Å²) in [5.41, 5.74) is 0.759. The molecular formula is C17H14N2O5S. The van der Waals surface area contributed by atoms with Gasteiger partial charge in [0.15, 0.2) is 16.4 Å². The third kappa shape index (κ3) is 4.89. The number of hydrogen-bond donors (Lipinski definition) is 1. The van der Waals surface area contributed by atoms with Gasteiger partial charge in [0.1, 0.15) is 0 Å². The van der Waals surface area contributed by atoms with Crippen LogP contribution in [0.5, 0.6) is 0 Å². The van der Waals surface area contributed by atoms with Crippen molar-refractivity contribution < 1.29 is 22.7 Å². The number of amides is 1. The van der Waals surface area contributed by atoms with Crippen molar-refractivity contribution in [3.05, 3.63) is 59.7 Å². The van der Waals surface area contributed by atoms with Gasteiger partial charge in [0.2, 0.25) is 0 Å². The van der Waals surface area contributed by atoms with E-state index in [4.69, 9.17) is 10.00 Å². The molecule has 2 aromatic rings. The van der Waals surface area contributed by atoms with Crippen LogP contribution in [0.25, 0.3) is 0 Å². The second-order valence-corrected chi connectivity index (χ2v) is 7.07. The first-order valence-corrected chi connectivity index (χ1v) is 8.96. The van der Waals surface area contributed by atoms with Gasteiger partial charge in [-0.05, 0) is 36.4 Å². The molecule has 0 aromatic heterocycles.